The van der Waals surface area contributed by atoms with Gasteiger partial charge in [-0.1, -0.05) is 18.9 Å². The van der Waals surface area contributed by atoms with Crippen molar-refractivity contribution in [2.24, 2.45) is 5.92 Å². The van der Waals surface area contributed by atoms with Gasteiger partial charge in [-0.05, 0) is 44.9 Å². The quantitative estimate of drug-likeness (QED) is 0.750. The molecule has 0 spiro atoms. The van der Waals surface area contributed by atoms with Crippen LogP contribution in [-0.2, 0) is 4.79 Å². The van der Waals surface area contributed by atoms with E-state index in [0.29, 0.717) is 37.5 Å². The normalized spacial score (nSPS) is 26.0. The Morgan fingerprint density at radius 2 is 1.70 bits per heavy atom. The molecule has 3 amide bonds. The Balaban J connectivity index is 1.64. The first-order chi connectivity index (χ1) is 13.1. The van der Waals surface area contributed by atoms with Gasteiger partial charge in [0.05, 0.1) is 6.04 Å². The first kappa shape index (κ1) is 20.2. The van der Waals surface area contributed by atoms with Crippen molar-refractivity contribution in [1.82, 2.24) is 20.0 Å². The molecule has 2 heterocycles. The van der Waals surface area contributed by atoms with Crippen molar-refractivity contribution in [3.8, 4) is 0 Å². The highest BCUT2D eigenvalue weighted by Gasteiger charge is 2.40. The van der Waals surface area contributed by atoms with E-state index in [1.165, 1.54) is 32.1 Å². The average Bonchev–Trinajstić information content (AvgIpc) is 3.21. The number of piperidine rings is 1. The molecule has 0 aromatic carbocycles. The van der Waals surface area contributed by atoms with Gasteiger partial charge in [0, 0.05) is 45.3 Å². The summed E-state index contributed by atoms with van der Waals surface area (Å²) in [5, 5.41) is 2.86. The van der Waals surface area contributed by atoms with Crippen molar-refractivity contribution >= 4 is 11.9 Å². The molecule has 0 bridgehead atoms. The van der Waals surface area contributed by atoms with E-state index >= 15 is 0 Å². The third-order valence-corrected chi connectivity index (χ3v) is 6.58. The minimum absolute atomic E-state index is 0.00596. The van der Waals surface area contributed by atoms with Crippen LogP contribution in [-0.4, -0.2) is 78.0 Å². The molecule has 27 heavy (non-hydrogen) atoms. The number of nitrogens with zero attached hydrogens (tertiary/aromatic N) is 3. The molecule has 2 atom stereocenters. The minimum atomic E-state index is -0.0251. The van der Waals surface area contributed by atoms with Gasteiger partial charge in [-0.15, -0.1) is 6.58 Å². The van der Waals surface area contributed by atoms with Gasteiger partial charge < -0.3 is 15.1 Å². The lowest BCUT2D eigenvalue weighted by atomic mass is 9.92. The van der Waals surface area contributed by atoms with Crippen molar-refractivity contribution in [3.05, 3.63) is 12.7 Å². The lowest BCUT2D eigenvalue weighted by molar-refractivity contribution is -0.143. The maximum Gasteiger partial charge on any atom is 0.317 e. The van der Waals surface area contributed by atoms with Gasteiger partial charge in [0.1, 0.15) is 0 Å². The van der Waals surface area contributed by atoms with Crippen LogP contribution in [0.15, 0.2) is 12.7 Å². The van der Waals surface area contributed by atoms with Crippen molar-refractivity contribution in [1.29, 1.82) is 0 Å². The molecule has 6 nitrogen and oxygen atoms in total. The highest BCUT2D eigenvalue weighted by Crippen LogP contribution is 2.33. The average molecular weight is 377 g/mol. The van der Waals surface area contributed by atoms with E-state index in [9.17, 15) is 9.59 Å². The number of nitrogens with one attached hydrogen (secondary N) is 1. The standard InChI is InChI=1S/C21H36N4O2/c1-3-11-22-21(27)24-15-13-23(14-16-24)19(18-9-4-5-10-18)20(26)25-12-7-6-8-17(25)2/h3,17-19H,1,4-16H2,2H3,(H,22,27)/t17-,19-/m1/s1. The highest BCUT2D eigenvalue weighted by molar-refractivity contribution is 5.83. The number of carbonyl (C=O) groups is 2. The molecule has 2 saturated heterocycles. The SMILES string of the molecule is C=CCNC(=O)N1CCN([C@@H](C(=O)N2CCCC[C@H]2C)C2CCCC2)CC1. The summed E-state index contributed by atoms with van der Waals surface area (Å²) in [6.45, 7) is 10.2. The summed E-state index contributed by atoms with van der Waals surface area (Å²) in [6.07, 6.45) is 10.0. The Morgan fingerprint density at radius 1 is 1.04 bits per heavy atom. The summed E-state index contributed by atoms with van der Waals surface area (Å²) < 4.78 is 0. The monoisotopic (exact) mass is 376 g/mol. The number of piperazine rings is 1. The lowest BCUT2D eigenvalue weighted by Crippen LogP contribution is -2.60. The van der Waals surface area contributed by atoms with Crippen LogP contribution in [0.4, 0.5) is 4.79 Å². The maximum atomic E-state index is 13.5. The number of hydrogen-bond donors (Lipinski definition) is 1. The van der Waals surface area contributed by atoms with Crippen molar-refractivity contribution in [3.63, 3.8) is 0 Å². The largest absolute Gasteiger partial charge is 0.339 e. The maximum absolute atomic E-state index is 13.5. The zero-order valence-corrected chi connectivity index (χ0v) is 16.9. The molecule has 1 aliphatic carbocycles. The van der Waals surface area contributed by atoms with E-state index in [4.69, 9.17) is 0 Å². The van der Waals surface area contributed by atoms with Crippen molar-refractivity contribution in [2.75, 3.05) is 39.3 Å². The molecule has 0 aromatic rings. The van der Waals surface area contributed by atoms with E-state index in [1.54, 1.807) is 6.08 Å². The molecule has 3 aliphatic rings. The Morgan fingerprint density at radius 3 is 2.33 bits per heavy atom. The first-order valence-electron chi connectivity index (χ1n) is 10.8. The zero-order chi connectivity index (χ0) is 19.2. The fraction of sp³-hybridized carbons (Fsp3) is 0.810. The van der Waals surface area contributed by atoms with E-state index in [1.807, 2.05) is 4.90 Å². The molecular formula is C21H36N4O2. The second-order valence-electron chi connectivity index (χ2n) is 8.36. The summed E-state index contributed by atoms with van der Waals surface area (Å²) in [7, 11) is 0. The fourth-order valence-corrected chi connectivity index (χ4v) is 5.00. The van der Waals surface area contributed by atoms with Crippen LogP contribution in [0.25, 0.3) is 0 Å². The van der Waals surface area contributed by atoms with Crippen LogP contribution in [0.2, 0.25) is 0 Å². The Hall–Kier alpha value is -1.56. The number of likely N-dealkylation sites (tertiary alicyclic amines) is 1. The number of urea groups is 1. The van der Waals surface area contributed by atoms with E-state index < -0.39 is 0 Å². The molecule has 1 N–H and O–H groups in total. The Bertz CT molecular complexity index is 524. The van der Waals surface area contributed by atoms with Gasteiger partial charge >= 0.3 is 6.03 Å². The van der Waals surface area contributed by atoms with Crippen molar-refractivity contribution in [2.45, 2.75) is 64.0 Å². The zero-order valence-electron chi connectivity index (χ0n) is 16.9. The molecule has 152 valence electrons. The van der Waals surface area contributed by atoms with Crippen molar-refractivity contribution < 1.29 is 9.59 Å². The minimum Gasteiger partial charge on any atom is -0.339 e. The number of amides is 3. The molecular weight excluding hydrogens is 340 g/mol. The summed E-state index contributed by atoms with van der Waals surface area (Å²) >= 11 is 0. The summed E-state index contributed by atoms with van der Waals surface area (Å²) in [5.41, 5.74) is 0. The first-order valence-corrected chi connectivity index (χ1v) is 10.8. The third kappa shape index (κ3) is 4.84. The smallest absolute Gasteiger partial charge is 0.317 e. The van der Waals surface area contributed by atoms with Crippen LogP contribution in [0.5, 0.6) is 0 Å². The van der Waals surface area contributed by atoms with E-state index in [0.717, 1.165) is 32.5 Å². The summed E-state index contributed by atoms with van der Waals surface area (Å²) in [5.74, 6) is 0.825. The van der Waals surface area contributed by atoms with Gasteiger partial charge in [-0.25, -0.2) is 4.79 Å². The predicted molar refractivity (Wildman–Crippen MR) is 108 cm³/mol. The molecule has 0 unspecified atom stereocenters. The Kier molecular flexibility index (Phi) is 7.16. The van der Waals surface area contributed by atoms with Crippen LogP contribution in [0, 0.1) is 5.92 Å². The molecule has 0 radical (unpaired) electrons. The van der Waals surface area contributed by atoms with E-state index in [-0.39, 0.29) is 12.1 Å². The summed E-state index contributed by atoms with van der Waals surface area (Å²) in [4.78, 5) is 32.1. The second-order valence-corrected chi connectivity index (χ2v) is 8.36. The van der Waals surface area contributed by atoms with E-state index in [2.05, 4.69) is 28.6 Å². The molecule has 6 heteroatoms. The Labute approximate surface area is 163 Å². The third-order valence-electron chi connectivity index (χ3n) is 6.58. The summed E-state index contributed by atoms with van der Waals surface area (Å²) in [6, 6.07) is 0.343. The molecule has 3 rings (SSSR count). The number of hydrogen-bond acceptors (Lipinski definition) is 3. The predicted octanol–water partition coefficient (Wildman–Crippen LogP) is 2.46. The topological polar surface area (TPSA) is 55.9 Å². The van der Waals surface area contributed by atoms with Gasteiger partial charge in [-0.2, -0.15) is 0 Å². The van der Waals surface area contributed by atoms with Crippen LogP contribution < -0.4 is 5.32 Å². The second kappa shape index (κ2) is 9.58. The van der Waals surface area contributed by atoms with Gasteiger partial charge in [-0.3, -0.25) is 9.69 Å². The molecule has 2 aliphatic heterocycles. The molecule has 3 fully saturated rings. The van der Waals surface area contributed by atoms with Gasteiger partial charge in [0.15, 0.2) is 0 Å². The number of rotatable bonds is 5. The molecule has 0 aromatic heterocycles. The molecule has 1 saturated carbocycles. The van der Waals surface area contributed by atoms with Gasteiger partial charge in [0.25, 0.3) is 0 Å². The highest BCUT2D eigenvalue weighted by atomic mass is 16.2. The van der Waals surface area contributed by atoms with Crippen LogP contribution in [0.1, 0.15) is 51.9 Å². The van der Waals surface area contributed by atoms with Gasteiger partial charge in [0.2, 0.25) is 5.91 Å². The number of carbonyl (C=O) groups excluding carboxylic acids is 2. The van der Waals surface area contributed by atoms with Crippen LogP contribution >= 0.6 is 0 Å². The lowest BCUT2D eigenvalue weighted by Gasteiger charge is -2.44. The van der Waals surface area contributed by atoms with Crippen LogP contribution in [0.3, 0.4) is 0 Å². The fourth-order valence-electron chi connectivity index (χ4n) is 5.00.